The summed E-state index contributed by atoms with van der Waals surface area (Å²) in [6.45, 7) is 4.29. The third kappa shape index (κ3) is 4.42. The van der Waals surface area contributed by atoms with Crippen LogP contribution in [0.15, 0.2) is 53.4 Å². The van der Waals surface area contributed by atoms with Gasteiger partial charge in [0, 0.05) is 12.6 Å². The molecule has 3 N–H and O–H groups in total. The number of rotatable bonds is 7. The number of aliphatic hydroxyl groups is 1. The summed E-state index contributed by atoms with van der Waals surface area (Å²) in [5, 5.41) is 13.6. The Balaban J connectivity index is 2.07. The fourth-order valence-electron chi connectivity index (χ4n) is 2.55. The Hall–Kier alpha value is -1.73. The SMILES string of the molecule is CNS(=O)(=O)c1cccc(C(C)NCC(O)c2ccccc2C)c1. The number of hydrogen-bond donors (Lipinski definition) is 3. The summed E-state index contributed by atoms with van der Waals surface area (Å²) in [4.78, 5) is 0.232. The first-order valence-electron chi connectivity index (χ1n) is 7.85. The smallest absolute Gasteiger partial charge is 0.240 e. The molecule has 130 valence electrons. The maximum Gasteiger partial charge on any atom is 0.240 e. The number of benzene rings is 2. The van der Waals surface area contributed by atoms with Crippen LogP contribution in [0.25, 0.3) is 0 Å². The number of aryl methyl sites for hydroxylation is 1. The van der Waals surface area contributed by atoms with E-state index >= 15 is 0 Å². The highest BCUT2D eigenvalue weighted by molar-refractivity contribution is 7.89. The summed E-state index contributed by atoms with van der Waals surface area (Å²) >= 11 is 0. The van der Waals surface area contributed by atoms with E-state index < -0.39 is 16.1 Å². The van der Waals surface area contributed by atoms with Gasteiger partial charge in [0.2, 0.25) is 10.0 Å². The van der Waals surface area contributed by atoms with Crippen molar-refractivity contribution in [2.24, 2.45) is 0 Å². The monoisotopic (exact) mass is 348 g/mol. The summed E-state index contributed by atoms with van der Waals surface area (Å²) in [6, 6.07) is 14.4. The molecule has 2 aromatic carbocycles. The zero-order valence-corrected chi connectivity index (χ0v) is 15.0. The average molecular weight is 348 g/mol. The number of sulfonamides is 1. The van der Waals surface area contributed by atoms with Crippen LogP contribution in [0.4, 0.5) is 0 Å². The van der Waals surface area contributed by atoms with Crippen LogP contribution in [0.3, 0.4) is 0 Å². The minimum absolute atomic E-state index is 0.0873. The molecular weight excluding hydrogens is 324 g/mol. The molecule has 0 spiro atoms. The number of hydrogen-bond acceptors (Lipinski definition) is 4. The van der Waals surface area contributed by atoms with Gasteiger partial charge in [0.05, 0.1) is 11.0 Å². The van der Waals surface area contributed by atoms with Gasteiger partial charge in [-0.05, 0) is 49.7 Å². The molecule has 5 nitrogen and oxygen atoms in total. The van der Waals surface area contributed by atoms with Crippen LogP contribution in [0.5, 0.6) is 0 Å². The first kappa shape index (κ1) is 18.6. The summed E-state index contributed by atoms with van der Waals surface area (Å²) < 4.78 is 26.1. The molecular formula is C18H24N2O3S. The Labute approximate surface area is 143 Å². The Bertz CT molecular complexity index is 790. The molecule has 24 heavy (non-hydrogen) atoms. The molecule has 6 heteroatoms. The second-order valence-corrected chi connectivity index (χ2v) is 7.67. The van der Waals surface area contributed by atoms with Crippen molar-refractivity contribution in [3.05, 3.63) is 65.2 Å². The molecule has 0 amide bonds. The van der Waals surface area contributed by atoms with Crippen molar-refractivity contribution >= 4 is 10.0 Å². The minimum Gasteiger partial charge on any atom is -0.387 e. The lowest BCUT2D eigenvalue weighted by atomic mass is 10.0. The molecule has 0 bridgehead atoms. The van der Waals surface area contributed by atoms with Crippen LogP contribution in [0.2, 0.25) is 0 Å². The van der Waals surface area contributed by atoms with Gasteiger partial charge >= 0.3 is 0 Å². The van der Waals surface area contributed by atoms with E-state index in [0.717, 1.165) is 16.7 Å². The third-order valence-corrected chi connectivity index (χ3v) is 5.51. The fraction of sp³-hybridized carbons (Fsp3) is 0.333. The molecule has 0 aliphatic rings. The maximum absolute atomic E-state index is 11.9. The summed E-state index contributed by atoms with van der Waals surface area (Å²) in [5.74, 6) is 0. The quantitative estimate of drug-likeness (QED) is 0.717. The molecule has 2 rings (SSSR count). The standard InChI is InChI=1S/C18H24N2O3S/c1-13-7-4-5-10-17(13)18(21)12-20-14(2)15-8-6-9-16(11-15)24(22,23)19-3/h4-11,14,18-21H,12H2,1-3H3. The van der Waals surface area contributed by atoms with E-state index in [-0.39, 0.29) is 10.9 Å². The topological polar surface area (TPSA) is 78.4 Å². The van der Waals surface area contributed by atoms with Crippen LogP contribution in [-0.4, -0.2) is 27.1 Å². The van der Waals surface area contributed by atoms with Crippen LogP contribution < -0.4 is 10.0 Å². The van der Waals surface area contributed by atoms with Gasteiger partial charge in [-0.3, -0.25) is 0 Å². The molecule has 0 heterocycles. The summed E-state index contributed by atoms with van der Waals surface area (Å²) in [7, 11) is -2.07. The fourth-order valence-corrected chi connectivity index (χ4v) is 3.33. The molecule has 0 saturated heterocycles. The molecule has 0 aliphatic carbocycles. The first-order valence-corrected chi connectivity index (χ1v) is 9.34. The Morgan fingerprint density at radius 2 is 1.83 bits per heavy atom. The van der Waals surface area contributed by atoms with Gasteiger partial charge in [-0.15, -0.1) is 0 Å². The predicted octanol–water partition coefficient (Wildman–Crippen LogP) is 2.29. The second kappa shape index (κ2) is 7.90. The molecule has 2 atom stereocenters. The normalized spacial score (nSPS) is 14.3. The van der Waals surface area contributed by atoms with Crippen molar-refractivity contribution in [2.45, 2.75) is 30.9 Å². The Kier molecular flexibility index (Phi) is 6.12. The number of nitrogens with one attached hydrogen (secondary N) is 2. The molecule has 0 aliphatic heterocycles. The van der Waals surface area contributed by atoms with E-state index in [1.807, 2.05) is 44.2 Å². The summed E-state index contributed by atoms with van der Waals surface area (Å²) in [5.41, 5.74) is 2.79. The van der Waals surface area contributed by atoms with E-state index in [1.54, 1.807) is 18.2 Å². The lowest BCUT2D eigenvalue weighted by Crippen LogP contribution is -2.25. The minimum atomic E-state index is -3.46. The highest BCUT2D eigenvalue weighted by atomic mass is 32.2. The van der Waals surface area contributed by atoms with Crippen LogP contribution in [0.1, 0.15) is 35.8 Å². The zero-order chi connectivity index (χ0) is 17.7. The van der Waals surface area contributed by atoms with Gasteiger partial charge < -0.3 is 10.4 Å². The van der Waals surface area contributed by atoms with E-state index in [0.29, 0.717) is 6.54 Å². The largest absolute Gasteiger partial charge is 0.387 e. The van der Waals surface area contributed by atoms with Gasteiger partial charge in [-0.25, -0.2) is 13.1 Å². The maximum atomic E-state index is 11.9. The van der Waals surface area contributed by atoms with Crippen LogP contribution in [0, 0.1) is 6.92 Å². The Morgan fingerprint density at radius 3 is 2.50 bits per heavy atom. The van der Waals surface area contributed by atoms with Gasteiger partial charge in [-0.2, -0.15) is 0 Å². The lowest BCUT2D eigenvalue weighted by Gasteiger charge is -2.19. The number of aliphatic hydroxyl groups excluding tert-OH is 1. The van der Waals surface area contributed by atoms with Crippen molar-refractivity contribution in [3.63, 3.8) is 0 Å². The molecule has 2 unspecified atom stereocenters. The molecule has 0 saturated carbocycles. The average Bonchev–Trinajstić information content (AvgIpc) is 2.60. The van der Waals surface area contributed by atoms with Crippen molar-refractivity contribution in [2.75, 3.05) is 13.6 Å². The van der Waals surface area contributed by atoms with Crippen LogP contribution in [-0.2, 0) is 10.0 Å². The van der Waals surface area contributed by atoms with Crippen LogP contribution >= 0.6 is 0 Å². The van der Waals surface area contributed by atoms with Gasteiger partial charge in [0.1, 0.15) is 0 Å². The second-order valence-electron chi connectivity index (χ2n) is 5.78. The highest BCUT2D eigenvalue weighted by Crippen LogP contribution is 2.20. The lowest BCUT2D eigenvalue weighted by molar-refractivity contribution is 0.170. The van der Waals surface area contributed by atoms with E-state index in [2.05, 4.69) is 10.0 Å². The molecule has 0 radical (unpaired) electrons. The zero-order valence-electron chi connectivity index (χ0n) is 14.2. The molecule has 0 aromatic heterocycles. The molecule has 2 aromatic rings. The first-order chi connectivity index (χ1) is 11.3. The van der Waals surface area contributed by atoms with E-state index in [1.165, 1.54) is 7.05 Å². The van der Waals surface area contributed by atoms with Crippen molar-refractivity contribution in [1.82, 2.24) is 10.0 Å². The summed E-state index contributed by atoms with van der Waals surface area (Å²) in [6.07, 6.45) is -0.613. The highest BCUT2D eigenvalue weighted by Gasteiger charge is 2.15. The molecule has 0 fully saturated rings. The van der Waals surface area contributed by atoms with Gasteiger partial charge in [0.15, 0.2) is 0 Å². The van der Waals surface area contributed by atoms with Crippen molar-refractivity contribution in [1.29, 1.82) is 0 Å². The van der Waals surface area contributed by atoms with E-state index in [9.17, 15) is 13.5 Å². The third-order valence-electron chi connectivity index (χ3n) is 4.10. The van der Waals surface area contributed by atoms with Gasteiger partial charge in [0.25, 0.3) is 0 Å². The van der Waals surface area contributed by atoms with Crippen molar-refractivity contribution in [3.8, 4) is 0 Å². The van der Waals surface area contributed by atoms with E-state index in [4.69, 9.17) is 0 Å². The van der Waals surface area contributed by atoms with Crippen molar-refractivity contribution < 1.29 is 13.5 Å². The Morgan fingerprint density at radius 1 is 1.12 bits per heavy atom. The van der Waals surface area contributed by atoms with Gasteiger partial charge in [-0.1, -0.05) is 36.4 Å². The predicted molar refractivity (Wildman–Crippen MR) is 95.2 cm³/mol.